The first-order chi connectivity index (χ1) is 19.2. The van der Waals surface area contributed by atoms with Crippen LogP contribution in [0.25, 0.3) is 0 Å². The number of nitrogens with zero attached hydrogens (tertiary/aromatic N) is 4. The third-order valence-corrected chi connectivity index (χ3v) is 7.19. The van der Waals surface area contributed by atoms with Crippen LogP contribution in [0, 0.1) is 11.7 Å². The van der Waals surface area contributed by atoms with Crippen LogP contribution >= 0.6 is 0 Å². The molecule has 0 aliphatic heterocycles. The highest BCUT2D eigenvalue weighted by atomic mass is 19.4. The van der Waals surface area contributed by atoms with Gasteiger partial charge in [-0.05, 0) is 45.6 Å². The SMILES string of the molecule is CC(C)n1nccc1C(=O)N[C@H](C(=O)Nc1cc(=O)n([C@H](C)C(=O)N(C)CC(F)(F)F)cc1F)C1CCCCCC1. The van der Waals surface area contributed by atoms with Gasteiger partial charge in [0.15, 0.2) is 5.82 Å². The summed E-state index contributed by atoms with van der Waals surface area (Å²) >= 11 is 0. The van der Waals surface area contributed by atoms with Gasteiger partial charge in [-0.1, -0.05) is 25.7 Å². The Balaban J connectivity index is 1.84. The zero-order chi connectivity index (χ0) is 30.5. The minimum atomic E-state index is -4.65. The van der Waals surface area contributed by atoms with E-state index in [0.29, 0.717) is 28.5 Å². The molecule has 0 spiro atoms. The number of anilines is 1. The molecular weight excluding hydrogens is 548 g/mol. The van der Waals surface area contributed by atoms with E-state index >= 15 is 4.39 Å². The highest BCUT2D eigenvalue weighted by Gasteiger charge is 2.34. The Labute approximate surface area is 235 Å². The second-order valence-corrected chi connectivity index (χ2v) is 10.7. The predicted molar refractivity (Wildman–Crippen MR) is 143 cm³/mol. The van der Waals surface area contributed by atoms with Crippen LogP contribution in [0.15, 0.2) is 29.3 Å². The van der Waals surface area contributed by atoms with Gasteiger partial charge in [-0.15, -0.1) is 0 Å². The average molecular weight is 585 g/mol. The summed E-state index contributed by atoms with van der Waals surface area (Å²) in [6.07, 6.45) is 2.51. The van der Waals surface area contributed by atoms with Crippen molar-refractivity contribution in [2.24, 2.45) is 5.92 Å². The van der Waals surface area contributed by atoms with Crippen LogP contribution in [0.4, 0.5) is 23.2 Å². The maximum atomic E-state index is 15.1. The number of amides is 3. The molecule has 3 amide bonds. The number of pyridine rings is 1. The third-order valence-electron chi connectivity index (χ3n) is 7.19. The predicted octanol–water partition coefficient (Wildman–Crippen LogP) is 4.05. The van der Waals surface area contributed by atoms with Crippen molar-refractivity contribution >= 4 is 23.4 Å². The zero-order valence-electron chi connectivity index (χ0n) is 23.5. The molecule has 0 unspecified atom stereocenters. The van der Waals surface area contributed by atoms with Crippen LogP contribution < -0.4 is 16.2 Å². The highest BCUT2D eigenvalue weighted by molar-refractivity contribution is 6.00. The first-order valence-corrected chi connectivity index (χ1v) is 13.6. The molecule has 14 heteroatoms. The Morgan fingerprint density at radius 1 is 1.12 bits per heavy atom. The smallest absolute Gasteiger partial charge is 0.339 e. The number of rotatable bonds is 9. The lowest BCUT2D eigenvalue weighted by Crippen LogP contribution is -2.49. The van der Waals surface area contributed by atoms with Gasteiger partial charge in [0.05, 0.1) is 5.69 Å². The maximum Gasteiger partial charge on any atom is 0.406 e. The van der Waals surface area contributed by atoms with E-state index in [1.165, 1.54) is 23.9 Å². The van der Waals surface area contributed by atoms with E-state index in [4.69, 9.17) is 0 Å². The number of likely N-dealkylation sites (N-methyl/N-ethyl adjacent to an activating group) is 1. The Bertz CT molecular complexity index is 1300. The zero-order valence-corrected chi connectivity index (χ0v) is 23.5. The number of hydrogen-bond donors (Lipinski definition) is 2. The van der Waals surface area contributed by atoms with Crippen molar-refractivity contribution in [1.29, 1.82) is 0 Å². The lowest BCUT2D eigenvalue weighted by Gasteiger charge is -2.27. The molecule has 3 rings (SSSR count). The van der Waals surface area contributed by atoms with E-state index in [9.17, 15) is 32.3 Å². The van der Waals surface area contributed by atoms with Gasteiger partial charge in [-0.3, -0.25) is 23.9 Å². The number of nitrogens with one attached hydrogen (secondary N) is 2. The standard InChI is InChI=1S/C27H36F4N6O4/c1-16(2)37-21(11-12-32-37)24(39)34-23(18-9-7-5-6-8-10-18)25(40)33-20-13-22(38)36(14-19(20)28)17(3)26(41)35(4)15-27(29,30)31/h11-14,16-18,23H,5-10,15H2,1-4H3,(H,33,40)(H,34,39)/t17-,23+/m1/s1. The minimum Gasteiger partial charge on any atom is -0.339 e. The van der Waals surface area contributed by atoms with Crippen molar-refractivity contribution in [2.75, 3.05) is 18.9 Å². The molecule has 1 aliphatic rings. The number of carbonyl (C=O) groups is 3. The van der Waals surface area contributed by atoms with E-state index in [2.05, 4.69) is 15.7 Å². The van der Waals surface area contributed by atoms with Crippen LogP contribution in [0.3, 0.4) is 0 Å². The quantitative estimate of drug-likeness (QED) is 0.341. The molecule has 0 bridgehead atoms. The van der Waals surface area contributed by atoms with Crippen molar-refractivity contribution in [1.82, 2.24) is 24.6 Å². The lowest BCUT2D eigenvalue weighted by molar-refractivity contribution is -0.160. The monoisotopic (exact) mass is 584 g/mol. The number of hydrogen-bond acceptors (Lipinski definition) is 5. The number of carbonyl (C=O) groups excluding carboxylic acids is 3. The molecule has 2 aromatic rings. The second kappa shape index (κ2) is 13.3. The van der Waals surface area contributed by atoms with Crippen LogP contribution in [-0.2, 0) is 9.59 Å². The third kappa shape index (κ3) is 8.17. The first kappa shape index (κ1) is 31.8. The van der Waals surface area contributed by atoms with Gasteiger partial charge in [-0.2, -0.15) is 18.3 Å². The molecule has 0 saturated heterocycles. The molecule has 226 valence electrons. The molecule has 0 aromatic carbocycles. The summed E-state index contributed by atoms with van der Waals surface area (Å²) in [7, 11) is 0.929. The van der Waals surface area contributed by atoms with E-state index in [1.807, 2.05) is 13.8 Å². The van der Waals surface area contributed by atoms with E-state index < -0.39 is 59.6 Å². The first-order valence-electron chi connectivity index (χ1n) is 13.6. The Morgan fingerprint density at radius 2 is 1.76 bits per heavy atom. The van der Waals surface area contributed by atoms with E-state index in [0.717, 1.165) is 38.8 Å². The van der Waals surface area contributed by atoms with Gasteiger partial charge in [0.2, 0.25) is 11.8 Å². The summed E-state index contributed by atoms with van der Waals surface area (Å²) in [6.45, 7) is 3.35. The van der Waals surface area contributed by atoms with Gasteiger partial charge in [0.1, 0.15) is 24.3 Å². The molecule has 2 aromatic heterocycles. The Kier molecular flexibility index (Phi) is 10.3. The van der Waals surface area contributed by atoms with Crippen molar-refractivity contribution in [3.8, 4) is 0 Å². The van der Waals surface area contributed by atoms with Crippen LogP contribution in [0.5, 0.6) is 0 Å². The molecule has 2 heterocycles. The number of aromatic nitrogens is 3. The summed E-state index contributed by atoms with van der Waals surface area (Å²) in [5.41, 5.74) is -1.12. The van der Waals surface area contributed by atoms with Crippen molar-refractivity contribution < 1.29 is 31.9 Å². The van der Waals surface area contributed by atoms with Crippen LogP contribution in [0.2, 0.25) is 0 Å². The maximum absolute atomic E-state index is 15.1. The molecule has 1 fully saturated rings. The van der Waals surface area contributed by atoms with E-state index in [1.54, 1.807) is 0 Å². The van der Waals surface area contributed by atoms with Crippen molar-refractivity contribution in [3.05, 3.63) is 46.4 Å². The van der Waals surface area contributed by atoms with Crippen molar-refractivity contribution in [3.63, 3.8) is 0 Å². The molecule has 2 atom stereocenters. The summed E-state index contributed by atoms with van der Waals surface area (Å²) in [5, 5.41) is 9.33. The summed E-state index contributed by atoms with van der Waals surface area (Å²) in [5.74, 6) is -3.59. The largest absolute Gasteiger partial charge is 0.406 e. The van der Waals surface area contributed by atoms with Gasteiger partial charge in [0.25, 0.3) is 11.5 Å². The molecule has 2 N–H and O–H groups in total. The van der Waals surface area contributed by atoms with Gasteiger partial charge < -0.3 is 20.1 Å². The van der Waals surface area contributed by atoms with Crippen LogP contribution in [0.1, 0.15) is 81.9 Å². The molecule has 1 aliphatic carbocycles. The second-order valence-electron chi connectivity index (χ2n) is 10.7. The molecule has 0 radical (unpaired) electrons. The fourth-order valence-electron chi connectivity index (χ4n) is 5.08. The molecule has 1 saturated carbocycles. The fraction of sp³-hybridized carbons (Fsp3) is 0.593. The fourth-order valence-corrected chi connectivity index (χ4v) is 5.08. The number of halogens is 4. The highest BCUT2D eigenvalue weighted by Crippen LogP contribution is 2.27. The lowest BCUT2D eigenvalue weighted by atomic mass is 9.91. The van der Waals surface area contributed by atoms with Crippen molar-refractivity contribution in [2.45, 2.75) is 83.6 Å². The molecule has 10 nitrogen and oxygen atoms in total. The molecule has 41 heavy (non-hydrogen) atoms. The summed E-state index contributed by atoms with van der Waals surface area (Å²) in [4.78, 5) is 52.2. The average Bonchev–Trinajstić information content (AvgIpc) is 3.24. The summed E-state index contributed by atoms with van der Waals surface area (Å²) < 4.78 is 55.4. The van der Waals surface area contributed by atoms with Gasteiger partial charge in [0, 0.05) is 31.5 Å². The Morgan fingerprint density at radius 3 is 2.34 bits per heavy atom. The number of alkyl halides is 3. The molecular formula is C27H36F4N6O4. The summed E-state index contributed by atoms with van der Waals surface area (Å²) in [6, 6.07) is -0.280. The minimum absolute atomic E-state index is 0.112. The normalized spacial score (nSPS) is 16.1. The van der Waals surface area contributed by atoms with E-state index in [-0.39, 0.29) is 17.7 Å². The van der Waals surface area contributed by atoms with Gasteiger partial charge >= 0.3 is 6.18 Å². The Hall–Kier alpha value is -3.71. The van der Waals surface area contributed by atoms with Crippen LogP contribution in [-0.4, -0.2) is 62.8 Å². The van der Waals surface area contributed by atoms with Gasteiger partial charge in [-0.25, -0.2) is 4.39 Å². The topological polar surface area (TPSA) is 118 Å².